The number of nitrogens with one attached hydrogen (secondary N) is 1. The molecule has 12 heavy (non-hydrogen) atoms. The fourth-order valence-electron chi connectivity index (χ4n) is 1.80. The van der Waals surface area contributed by atoms with Gasteiger partial charge in [-0.2, -0.15) is 0 Å². The molecule has 0 atom stereocenters. The van der Waals surface area contributed by atoms with E-state index in [2.05, 4.69) is 11.9 Å². The summed E-state index contributed by atoms with van der Waals surface area (Å²) in [5.41, 5.74) is 0. The van der Waals surface area contributed by atoms with Crippen LogP contribution in [0.25, 0.3) is 0 Å². The molecule has 0 amide bonds. The Morgan fingerprint density at radius 2 is 2.00 bits per heavy atom. The quantitative estimate of drug-likeness (QED) is 0.714. The summed E-state index contributed by atoms with van der Waals surface area (Å²) in [7, 11) is 0. The van der Waals surface area contributed by atoms with Crippen LogP contribution in [0.1, 0.15) is 32.1 Å². The normalized spacial score (nSPS) is 19.4. The zero-order valence-electron chi connectivity index (χ0n) is 7.61. The number of rotatable bonds is 4. The molecule has 1 aliphatic carbocycles. The third kappa shape index (κ3) is 4.13. The number of hydrogen-bond donors (Lipinski definition) is 1. The van der Waals surface area contributed by atoms with E-state index in [9.17, 15) is 0 Å². The minimum Gasteiger partial charge on any atom is -0.312 e. The standard InChI is InChI=1S/C10H18ClN/c1-9(11)7-12-8-10-5-3-2-4-6-10/h10,12H,1-8H2. The summed E-state index contributed by atoms with van der Waals surface area (Å²) in [6.07, 6.45) is 7.03. The Morgan fingerprint density at radius 3 is 2.58 bits per heavy atom. The van der Waals surface area contributed by atoms with Crippen molar-refractivity contribution in [3.8, 4) is 0 Å². The van der Waals surface area contributed by atoms with Gasteiger partial charge in [-0.15, -0.1) is 0 Å². The molecule has 1 rings (SSSR count). The van der Waals surface area contributed by atoms with Gasteiger partial charge < -0.3 is 5.32 Å². The molecule has 1 fully saturated rings. The number of hydrogen-bond acceptors (Lipinski definition) is 1. The van der Waals surface area contributed by atoms with Crippen LogP contribution in [-0.4, -0.2) is 13.1 Å². The van der Waals surface area contributed by atoms with Crippen molar-refractivity contribution in [2.75, 3.05) is 13.1 Å². The molecule has 1 nitrogen and oxygen atoms in total. The molecular formula is C10H18ClN. The Hall–Kier alpha value is -0.0100. The molecule has 0 aromatic carbocycles. The highest BCUT2D eigenvalue weighted by Crippen LogP contribution is 2.22. The minimum absolute atomic E-state index is 0.714. The van der Waals surface area contributed by atoms with Crippen molar-refractivity contribution in [3.63, 3.8) is 0 Å². The first-order chi connectivity index (χ1) is 5.79. The molecule has 0 spiro atoms. The maximum absolute atomic E-state index is 5.64. The maximum Gasteiger partial charge on any atom is 0.0307 e. The first-order valence-corrected chi connectivity index (χ1v) is 5.21. The van der Waals surface area contributed by atoms with Crippen molar-refractivity contribution >= 4 is 11.6 Å². The summed E-state index contributed by atoms with van der Waals surface area (Å²) in [6, 6.07) is 0. The monoisotopic (exact) mass is 187 g/mol. The minimum atomic E-state index is 0.714. The molecule has 0 saturated heterocycles. The summed E-state index contributed by atoms with van der Waals surface area (Å²) in [5, 5.41) is 4.04. The molecule has 0 bridgehead atoms. The average molecular weight is 188 g/mol. The van der Waals surface area contributed by atoms with Crippen molar-refractivity contribution in [1.82, 2.24) is 5.32 Å². The van der Waals surface area contributed by atoms with Gasteiger partial charge in [-0.25, -0.2) is 0 Å². The van der Waals surface area contributed by atoms with Crippen molar-refractivity contribution in [3.05, 3.63) is 11.6 Å². The predicted octanol–water partition coefficient (Wildman–Crippen LogP) is 2.91. The molecular weight excluding hydrogens is 170 g/mol. The van der Waals surface area contributed by atoms with E-state index >= 15 is 0 Å². The lowest BCUT2D eigenvalue weighted by molar-refractivity contribution is 0.346. The van der Waals surface area contributed by atoms with Crippen molar-refractivity contribution < 1.29 is 0 Å². The molecule has 1 aliphatic rings. The zero-order chi connectivity index (χ0) is 8.81. The summed E-state index contributed by atoms with van der Waals surface area (Å²) in [4.78, 5) is 0. The first kappa shape index (κ1) is 10.1. The molecule has 0 aromatic heterocycles. The van der Waals surface area contributed by atoms with Crippen LogP contribution in [0.15, 0.2) is 11.6 Å². The summed E-state index contributed by atoms with van der Waals surface area (Å²) in [5.74, 6) is 0.884. The molecule has 70 valence electrons. The van der Waals surface area contributed by atoms with Crippen LogP contribution in [0.4, 0.5) is 0 Å². The zero-order valence-corrected chi connectivity index (χ0v) is 8.37. The summed E-state index contributed by atoms with van der Waals surface area (Å²) < 4.78 is 0. The van der Waals surface area contributed by atoms with E-state index in [1.807, 2.05) is 0 Å². The molecule has 0 aromatic rings. The topological polar surface area (TPSA) is 12.0 Å². The highest BCUT2D eigenvalue weighted by atomic mass is 35.5. The summed E-state index contributed by atoms with van der Waals surface area (Å²) >= 11 is 5.64. The summed E-state index contributed by atoms with van der Waals surface area (Å²) in [6.45, 7) is 5.52. The van der Waals surface area contributed by atoms with Gasteiger partial charge in [0.05, 0.1) is 0 Å². The third-order valence-corrected chi connectivity index (χ3v) is 2.61. The van der Waals surface area contributed by atoms with Crippen molar-refractivity contribution in [1.29, 1.82) is 0 Å². The van der Waals surface area contributed by atoms with E-state index in [1.54, 1.807) is 0 Å². The van der Waals surface area contributed by atoms with Gasteiger partial charge in [0.15, 0.2) is 0 Å². The predicted molar refractivity (Wildman–Crippen MR) is 54.4 cm³/mol. The largest absolute Gasteiger partial charge is 0.312 e. The van der Waals surface area contributed by atoms with Gasteiger partial charge in [0.25, 0.3) is 0 Å². The molecule has 0 radical (unpaired) electrons. The second kappa shape index (κ2) is 5.60. The van der Waals surface area contributed by atoms with Gasteiger partial charge in [-0.05, 0) is 25.3 Å². The van der Waals surface area contributed by atoms with Crippen LogP contribution in [0.3, 0.4) is 0 Å². The molecule has 0 unspecified atom stereocenters. The Balaban J connectivity index is 2.01. The Kier molecular flexibility index (Phi) is 4.70. The van der Waals surface area contributed by atoms with Gasteiger partial charge in [-0.3, -0.25) is 0 Å². The van der Waals surface area contributed by atoms with Gasteiger partial charge >= 0.3 is 0 Å². The lowest BCUT2D eigenvalue weighted by atomic mass is 9.89. The highest BCUT2D eigenvalue weighted by Gasteiger charge is 2.12. The van der Waals surface area contributed by atoms with E-state index < -0.39 is 0 Å². The highest BCUT2D eigenvalue weighted by molar-refractivity contribution is 6.29. The Labute approximate surface area is 80.2 Å². The van der Waals surface area contributed by atoms with Crippen LogP contribution in [0.5, 0.6) is 0 Å². The molecule has 1 saturated carbocycles. The van der Waals surface area contributed by atoms with Gasteiger partial charge in [0, 0.05) is 11.6 Å². The van der Waals surface area contributed by atoms with E-state index in [0.717, 1.165) is 19.0 Å². The lowest BCUT2D eigenvalue weighted by Gasteiger charge is -2.21. The van der Waals surface area contributed by atoms with Crippen LogP contribution in [0.2, 0.25) is 0 Å². The van der Waals surface area contributed by atoms with Crippen molar-refractivity contribution in [2.45, 2.75) is 32.1 Å². The molecule has 0 aliphatic heterocycles. The van der Waals surface area contributed by atoms with Crippen LogP contribution >= 0.6 is 11.6 Å². The maximum atomic E-state index is 5.64. The van der Waals surface area contributed by atoms with Gasteiger partial charge in [-0.1, -0.05) is 37.4 Å². The van der Waals surface area contributed by atoms with E-state index in [0.29, 0.717) is 5.03 Å². The number of halogens is 1. The first-order valence-electron chi connectivity index (χ1n) is 4.83. The van der Waals surface area contributed by atoms with E-state index in [4.69, 9.17) is 11.6 Å². The Bertz CT molecular complexity index is 139. The third-order valence-electron chi connectivity index (χ3n) is 2.47. The smallest absolute Gasteiger partial charge is 0.0307 e. The second-order valence-corrected chi connectivity index (χ2v) is 4.19. The van der Waals surface area contributed by atoms with E-state index in [-0.39, 0.29) is 0 Å². The van der Waals surface area contributed by atoms with Crippen LogP contribution < -0.4 is 5.32 Å². The molecule has 0 heterocycles. The SMILES string of the molecule is C=C(Cl)CNCC1CCCCC1. The Morgan fingerprint density at radius 1 is 1.33 bits per heavy atom. The van der Waals surface area contributed by atoms with Crippen LogP contribution in [-0.2, 0) is 0 Å². The van der Waals surface area contributed by atoms with E-state index in [1.165, 1.54) is 32.1 Å². The fraction of sp³-hybridized carbons (Fsp3) is 0.800. The second-order valence-electron chi connectivity index (χ2n) is 3.65. The van der Waals surface area contributed by atoms with Gasteiger partial charge in [0.2, 0.25) is 0 Å². The molecule has 1 N–H and O–H groups in total. The van der Waals surface area contributed by atoms with Gasteiger partial charge in [0.1, 0.15) is 0 Å². The average Bonchev–Trinajstić information content (AvgIpc) is 2.05. The van der Waals surface area contributed by atoms with Crippen LogP contribution in [0, 0.1) is 5.92 Å². The fourth-order valence-corrected chi connectivity index (χ4v) is 1.90. The van der Waals surface area contributed by atoms with Crippen molar-refractivity contribution in [2.24, 2.45) is 5.92 Å². The lowest BCUT2D eigenvalue weighted by Crippen LogP contribution is -2.25. The molecule has 2 heteroatoms.